The van der Waals surface area contributed by atoms with E-state index in [1.165, 1.54) is 13.1 Å². The number of ether oxygens (including phenoxy) is 2. The largest absolute Gasteiger partial charge is 0.515 e. The number of benzene rings is 1. The summed E-state index contributed by atoms with van der Waals surface area (Å²) >= 11 is 0. The maximum Gasteiger partial charge on any atom is 0.515 e. The second-order valence-electron chi connectivity index (χ2n) is 5.11. The van der Waals surface area contributed by atoms with Gasteiger partial charge < -0.3 is 9.47 Å². The van der Waals surface area contributed by atoms with Gasteiger partial charge in [-0.1, -0.05) is 18.2 Å². The van der Waals surface area contributed by atoms with E-state index in [1.54, 1.807) is 18.4 Å². The normalized spacial score (nSPS) is 10.9. The Kier molecular flexibility index (Phi) is 3.73. The fourth-order valence-corrected chi connectivity index (χ4v) is 2.77. The zero-order valence-electron chi connectivity index (χ0n) is 13.1. The van der Waals surface area contributed by atoms with Crippen LogP contribution in [0.4, 0.5) is 4.79 Å². The van der Waals surface area contributed by atoms with Crippen LogP contribution in [0.15, 0.2) is 30.5 Å². The van der Waals surface area contributed by atoms with Gasteiger partial charge in [0.1, 0.15) is 0 Å². The van der Waals surface area contributed by atoms with Crippen molar-refractivity contribution in [2.45, 2.75) is 20.8 Å². The van der Waals surface area contributed by atoms with E-state index in [2.05, 4.69) is 4.98 Å². The van der Waals surface area contributed by atoms with Gasteiger partial charge in [0.25, 0.3) is 0 Å². The molecule has 118 valence electrons. The van der Waals surface area contributed by atoms with E-state index in [9.17, 15) is 9.59 Å². The topological polar surface area (TPSA) is 70.4 Å². The zero-order chi connectivity index (χ0) is 16.6. The predicted molar refractivity (Wildman–Crippen MR) is 85.9 cm³/mol. The van der Waals surface area contributed by atoms with Gasteiger partial charge in [0, 0.05) is 23.3 Å². The molecule has 3 rings (SSSR count). The van der Waals surface area contributed by atoms with Crippen molar-refractivity contribution in [2.75, 3.05) is 6.61 Å². The van der Waals surface area contributed by atoms with Gasteiger partial charge in [-0.05, 0) is 19.9 Å². The van der Waals surface area contributed by atoms with Crippen LogP contribution in [-0.4, -0.2) is 28.2 Å². The van der Waals surface area contributed by atoms with Crippen LogP contribution in [0.5, 0.6) is 5.88 Å². The molecule has 23 heavy (non-hydrogen) atoms. The van der Waals surface area contributed by atoms with Crippen molar-refractivity contribution < 1.29 is 19.1 Å². The van der Waals surface area contributed by atoms with Crippen LogP contribution >= 0.6 is 0 Å². The third-order valence-electron chi connectivity index (χ3n) is 3.67. The van der Waals surface area contributed by atoms with Crippen LogP contribution in [0.2, 0.25) is 0 Å². The fraction of sp³-hybridized carbons (Fsp3) is 0.235. The van der Waals surface area contributed by atoms with Gasteiger partial charge in [0.15, 0.2) is 0 Å². The summed E-state index contributed by atoms with van der Waals surface area (Å²) in [5.74, 6) is 0.0823. The van der Waals surface area contributed by atoms with Gasteiger partial charge in [-0.25, -0.2) is 9.78 Å². The summed E-state index contributed by atoms with van der Waals surface area (Å²) in [6, 6.07) is 7.58. The maximum absolute atomic E-state index is 12.0. The van der Waals surface area contributed by atoms with Gasteiger partial charge in [0.2, 0.25) is 11.8 Å². The molecule has 0 aliphatic heterocycles. The van der Waals surface area contributed by atoms with Crippen LogP contribution in [-0.2, 0) is 4.74 Å². The van der Waals surface area contributed by atoms with Crippen molar-refractivity contribution in [3.8, 4) is 5.88 Å². The number of fused-ring (bicyclic) bond motifs is 3. The molecule has 0 aliphatic rings. The van der Waals surface area contributed by atoms with Gasteiger partial charge in [-0.2, -0.15) is 0 Å². The Labute approximate surface area is 132 Å². The fourth-order valence-electron chi connectivity index (χ4n) is 2.77. The molecule has 0 bridgehead atoms. The van der Waals surface area contributed by atoms with Gasteiger partial charge in [0.05, 0.1) is 23.8 Å². The highest BCUT2D eigenvalue weighted by Gasteiger charge is 2.19. The van der Waals surface area contributed by atoms with Crippen LogP contribution in [0.1, 0.15) is 24.2 Å². The highest BCUT2D eigenvalue weighted by Crippen LogP contribution is 2.34. The number of rotatable bonds is 2. The number of carbonyl (C=O) groups is 2. The minimum atomic E-state index is -0.794. The number of hydrogen-bond donors (Lipinski definition) is 0. The van der Waals surface area contributed by atoms with Crippen molar-refractivity contribution >= 4 is 33.9 Å². The van der Waals surface area contributed by atoms with Crippen molar-refractivity contribution in [1.29, 1.82) is 0 Å². The molecule has 0 unspecified atom stereocenters. The van der Waals surface area contributed by atoms with Gasteiger partial charge >= 0.3 is 6.16 Å². The summed E-state index contributed by atoms with van der Waals surface area (Å²) in [6.07, 6.45) is 0.746. The summed E-state index contributed by atoms with van der Waals surface area (Å²) in [6.45, 7) is 5.24. The van der Waals surface area contributed by atoms with Crippen LogP contribution < -0.4 is 4.74 Å². The molecule has 0 aliphatic carbocycles. The molecule has 0 atom stereocenters. The first-order valence-corrected chi connectivity index (χ1v) is 7.29. The van der Waals surface area contributed by atoms with Crippen molar-refractivity contribution in [1.82, 2.24) is 9.55 Å². The Morgan fingerprint density at radius 2 is 1.96 bits per heavy atom. The average Bonchev–Trinajstić information content (AvgIpc) is 2.85. The molecule has 0 radical (unpaired) electrons. The lowest BCUT2D eigenvalue weighted by Crippen LogP contribution is -2.12. The number of carbonyl (C=O) groups excluding carboxylic acids is 2. The first kappa shape index (κ1) is 15.0. The minimum Gasteiger partial charge on any atom is -0.434 e. The highest BCUT2D eigenvalue weighted by atomic mass is 16.7. The molecule has 0 amide bonds. The van der Waals surface area contributed by atoms with E-state index in [0.717, 1.165) is 16.3 Å². The van der Waals surface area contributed by atoms with Crippen molar-refractivity contribution in [3.05, 3.63) is 36.0 Å². The van der Waals surface area contributed by atoms with Crippen LogP contribution in [0, 0.1) is 6.92 Å². The first-order chi connectivity index (χ1) is 11.0. The number of nitrogens with zero attached hydrogens (tertiary/aromatic N) is 2. The summed E-state index contributed by atoms with van der Waals surface area (Å²) in [5, 5.41) is 1.75. The molecule has 0 saturated heterocycles. The molecule has 0 spiro atoms. The third kappa shape index (κ3) is 2.42. The highest BCUT2D eigenvalue weighted by molar-refractivity contribution is 6.14. The van der Waals surface area contributed by atoms with Crippen molar-refractivity contribution in [2.24, 2.45) is 0 Å². The molecule has 0 N–H and O–H groups in total. The summed E-state index contributed by atoms with van der Waals surface area (Å²) < 4.78 is 11.5. The molecule has 0 saturated carbocycles. The molecule has 1 aromatic carbocycles. The monoisotopic (exact) mass is 312 g/mol. The second-order valence-corrected chi connectivity index (χ2v) is 5.11. The Morgan fingerprint density at radius 3 is 2.65 bits per heavy atom. The molecule has 6 heteroatoms. The number of aromatic nitrogens is 2. The molecular formula is C17H16N2O4. The molecule has 2 heterocycles. The Hall–Kier alpha value is -2.89. The molecule has 0 fully saturated rings. The number of para-hydroxylation sites is 1. The number of pyridine rings is 1. The van der Waals surface area contributed by atoms with E-state index >= 15 is 0 Å². The molecule has 2 aromatic heterocycles. The molecule has 6 nitrogen and oxygen atoms in total. The first-order valence-electron chi connectivity index (χ1n) is 7.29. The van der Waals surface area contributed by atoms with Gasteiger partial charge in [-0.15, -0.1) is 0 Å². The second kappa shape index (κ2) is 5.72. The summed E-state index contributed by atoms with van der Waals surface area (Å²) in [4.78, 5) is 27.7. The predicted octanol–water partition coefficient (Wildman–Crippen LogP) is 3.69. The summed E-state index contributed by atoms with van der Waals surface area (Å²) in [7, 11) is 0. The maximum atomic E-state index is 12.0. The van der Waals surface area contributed by atoms with Gasteiger partial charge in [-0.3, -0.25) is 9.36 Å². The molecular weight excluding hydrogens is 296 g/mol. The number of aryl methyl sites for hydroxylation is 1. The minimum absolute atomic E-state index is 0.100. The smallest absolute Gasteiger partial charge is 0.434 e. The van der Waals surface area contributed by atoms with Crippen molar-refractivity contribution in [3.63, 3.8) is 0 Å². The van der Waals surface area contributed by atoms with Crippen LogP contribution in [0.3, 0.4) is 0 Å². The molecule has 3 aromatic rings. The van der Waals surface area contributed by atoms with E-state index in [1.807, 2.05) is 24.3 Å². The Bertz CT molecular complexity index is 927. The summed E-state index contributed by atoms with van der Waals surface area (Å²) in [5.41, 5.74) is 2.17. The average molecular weight is 312 g/mol. The Balaban J connectivity index is 2.27. The van der Waals surface area contributed by atoms with Crippen LogP contribution in [0.25, 0.3) is 21.8 Å². The lowest BCUT2D eigenvalue weighted by Gasteiger charge is -2.07. The van der Waals surface area contributed by atoms with E-state index in [4.69, 9.17) is 9.47 Å². The Morgan fingerprint density at radius 1 is 1.22 bits per heavy atom. The lowest BCUT2D eigenvalue weighted by molar-refractivity contribution is 0.0944. The standard InChI is InChI=1S/C17H16N2O4/c1-4-22-17(21)23-16-10(2)15-12-7-5-6-8-13(12)19(11(3)20)14(15)9-18-16/h5-9H,4H2,1-3H3. The lowest BCUT2D eigenvalue weighted by atomic mass is 10.1. The quantitative estimate of drug-likeness (QED) is 0.675. The number of hydrogen-bond acceptors (Lipinski definition) is 5. The van der Waals surface area contributed by atoms with E-state index in [-0.39, 0.29) is 18.4 Å². The zero-order valence-corrected chi connectivity index (χ0v) is 13.1. The SMILES string of the molecule is CCOC(=O)Oc1ncc2c(c1C)c1ccccc1n2C(C)=O. The van der Waals surface area contributed by atoms with E-state index in [0.29, 0.717) is 11.1 Å². The van der Waals surface area contributed by atoms with E-state index < -0.39 is 6.16 Å². The third-order valence-corrected chi connectivity index (χ3v) is 3.67.